The molecular formula is C17H20ClNO3S. The second-order valence-corrected chi connectivity index (χ2v) is 7.37. The molecule has 0 bridgehead atoms. The molecule has 6 heteroatoms. The molecule has 2 atom stereocenters. The summed E-state index contributed by atoms with van der Waals surface area (Å²) in [5.74, 6) is 0.328. The van der Waals surface area contributed by atoms with Gasteiger partial charge in [-0.05, 0) is 25.8 Å². The summed E-state index contributed by atoms with van der Waals surface area (Å²) in [6.45, 7) is 2.10. The maximum atomic E-state index is 12.9. The fraction of sp³-hybridized carbons (Fsp3) is 0.529. The number of nitrogens with zero attached hydrogens (tertiary/aromatic N) is 1. The molecule has 0 aromatic heterocycles. The summed E-state index contributed by atoms with van der Waals surface area (Å²) < 4.78 is 5.17. The van der Waals surface area contributed by atoms with Crippen LogP contribution in [0.3, 0.4) is 0 Å². The number of hydrogen-bond acceptors (Lipinski definition) is 4. The third-order valence-electron chi connectivity index (χ3n) is 4.44. The van der Waals surface area contributed by atoms with Crippen molar-refractivity contribution in [2.45, 2.75) is 37.6 Å². The van der Waals surface area contributed by atoms with Crippen molar-refractivity contribution < 1.29 is 14.3 Å². The van der Waals surface area contributed by atoms with Crippen molar-refractivity contribution in [2.75, 3.05) is 12.4 Å². The predicted octanol–water partition coefficient (Wildman–Crippen LogP) is 3.65. The van der Waals surface area contributed by atoms with Crippen LogP contribution in [-0.4, -0.2) is 35.2 Å². The predicted molar refractivity (Wildman–Crippen MR) is 91.3 cm³/mol. The SMILES string of the molecule is CCOC(=O)C1CSC(c2ccccc2Cl)N1C(=O)C1CCC1. The molecule has 1 saturated heterocycles. The summed E-state index contributed by atoms with van der Waals surface area (Å²) in [5, 5.41) is 0.409. The third-order valence-corrected chi connectivity index (χ3v) is 6.09. The Balaban J connectivity index is 1.90. The Labute approximate surface area is 145 Å². The third kappa shape index (κ3) is 3.22. The molecule has 2 unspecified atom stereocenters. The van der Waals surface area contributed by atoms with Crippen LogP contribution in [0.2, 0.25) is 5.02 Å². The van der Waals surface area contributed by atoms with Gasteiger partial charge in [0.15, 0.2) is 0 Å². The zero-order valence-electron chi connectivity index (χ0n) is 13.0. The molecule has 0 spiro atoms. The zero-order chi connectivity index (χ0) is 16.4. The molecule has 23 heavy (non-hydrogen) atoms. The van der Waals surface area contributed by atoms with Gasteiger partial charge in [0.25, 0.3) is 0 Å². The smallest absolute Gasteiger partial charge is 0.329 e. The van der Waals surface area contributed by atoms with E-state index in [0.717, 1.165) is 24.8 Å². The van der Waals surface area contributed by atoms with Crippen LogP contribution in [0.25, 0.3) is 0 Å². The lowest BCUT2D eigenvalue weighted by molar-refractivity contribution is -0.156. The van der Waals surface area contributed by atoms with Crippen LogP contribution in [0.5, 0.6) is 0 Å². The minimum absolute atomic E-state index is 0.0376. The van der Waals surface area contributed by atoms with Gasteiger partial charge in [-0.3, -0.25) is 4.79 Å². The highest BCUT2D eigenvalue weighted by Crippen LogP contribution is 2.46. The molecule has 4 nitrogen and oxygen atoms in total. The summed E-state index contributed by atoms with van der Waals surface area (Å²) in [6, 6.07) is 7.00. The van der Waals surface area contributed by atoms with Gasteiger partial charge in [0.1, 0.15) is 11.4 Å². The van der Waals surface area contributed by atoms with Crippen LogP contribution in [0, 0.1) is 5.92 Å². The first-order valence-corrected chi connectivity index (χ1v) is 9.41. The number of thioether (sulfide) groups is 1. The monoisotopic (exact) mass is 353 g/mol. The Morgan fingerprint density at radius 1 is 1.35 bits per heavy atom. The van der Waals surface area contributed by atoms with Gasteiger partial charge in [-0.1, -0.05) is 36.2 Å². The standard InChI is InChI=1S/C17H20ClNO3S/c1-2-22-17(21)14-10-23-16(12-8-3-4-9-13(12)18)19(14)15(20)11-6-5-7-11/h3-4,8-9,11,14,16H,2,5-7,10H2,1H3. The average molecular weight is 354 g/mol. The quantitative estimate of drug-likeness (QED) is 0.775. The van der Waals surface area contributed by atoms with E-state index >= 15 is 0 Å². The molecule has 2 fully saturated rings. The molecule has 1 saturated carbocycles. The van der Waals surface area contributed by atoms with Crippen LogP contribution in [0.1, 0.15) is 37.1 Å². The molecular weight excluding hydrogens is 334 g/mol. The number of rotatable bonds is 4. The molecule has 0 N–H and O–H groups in total. The second-order valence-electron chi connectivity index (χ2n) is 5.85. The van der Waals surface area contributed by atoms with E-state index in [4.69, 9.17) is 16.3 Å². The van der Waals surface area contributed by atoms with Crippen LogP contribution in [0.4, 0.5) is 0 Å². The van der Waals surface area contributed by atoms with Gasteiger partial charge in [0.2, 0.25) is 5.91 Å². The second kappa shape index (κ2) is 7.14. The fourth-order valence-electron chi connectivity index (χ4n) is 2.98. The highest BCUT2D eigenvalue weighted by Gasteiger charge is 2.46. The Kier molecular flexibility index (Phi) is 5.17. The van der Waals surface area contributed by atoms with Crippen molar-refractivity contribution in [2.24, 2.45) is 5.92 Å². The van der Waals surface area contributed by atoms with E-state index in [9.17, 15) is 9.59 Å². The van der Waals surface area contributed by atoms with Gasteiger partial charge in [0.05, 0.1) is 6.61 Å². The Morgan fingerprint density at radius 2 is 2.09 bits per heavy atom. The van der Waals surface area contributed by atoms with Crippen molar-refractivity contribution in [3.63, 3.8) is 0 Å². The Morgan fingerprint density at radius 3 is 2.70 bits per heavy atom. The van der Waals surface area contributed by atoms with Gasteiger partial charge in [0, 0.05) is 22.3 Å². The molecule has 1 aliphatic carbocycles. The topological polar surface area (TPSA) is 46.6 Å². The van der Waals surface area contributed by atoms with E-state index in [2.05, 4.69) is 0 Å². The molecule has 124 valence electrons. The van der Waals surface area contributed by atoms with Gasteiger partial charge < -0.3 is 9.64 Å². The first kappa shape index (κ1) is 16.7. The van der Waals surface area contributed by atoms with Crippen LogP contribution in [-0.2, 0) is 14.3 Å². The summed E-state index contributed by atoms with van der Waals surface area (Å²) >= 11 is 7.90. The molecule has 1 amide bonds. The molecule has 1 aromatic rings. The first-order chi connectivity index (χ1) is 11.1. The van der Waals surface area contributed by atoms with E-state index in [1.165, 1.54) is 0 Å². The van der Waals surface area contributed by atoms with Gasteiger partial charge in [-0.2, -0.15) is 0 Å². The maximum Gasteiger partial charge on any atom is 0.329 e. The molecule has 1 heterocycles. The highest BCUT2D eigenvalue weighted by molar-refractivity contribution is 7.99. The first-order valence-electron chi connectivity index (χ1n) is 7.98. The maximum absolute atomic E-state index is 12.9. The van der Waals surface area contributed by atoms with E-state index in [1.807, 2.05) is 24.3 Å². The minimum Gasteiger partial charge on any atom is -0.464 e. The van der Waals surface area contributed by atoms with Crippen molar-refractivity contribution in [3.05, 3.63) is 34.9 Å². The number of carbonyl (C=O) groups is 2. The molecule has 0 radical (unpaired) electrons. The summed E-state index contributed by atoms with van der Waals surface area (Å²) in [4.78, 5) is 26.9. The number of hydrogen-bond donors (Lipinski definition) is 0. The van der Waals surface area contributed by atoms with Crippen LogP contribution >= 0.6 is 23.4 Å². The van der Waals surface area contributed by atoms with Crippen LogP contribution in [0.15, 0.2) is 24.3 Å². The van der Waals surface area contributed by atoms with Crippen molar-refractivity contribution in [1.82, 2.24) is 4.90 Å². The minimum atomic E-state index is -0.519. The number of amides is 1. The van der Waals surface area contributed by atoms with Crippen molar-refractivity contribution in [3.8, 4) is 0 Å². The normalized spacial score (nSPS) is 24.3. The number of benzene rings is 1. The lowest BCUT2D eigenvalue weighted by atomic mass is 9.84. The molecule has 2 aliphatic rings. The largest absolute Gasteiger partial charge is 0.464 e. The Bertz CT molecular complexity index is 605. The molecule has 3 rings (SSSR count). The summed E-state index contributed by atoms with van der Waals surface area (Å²) in [6.07, 6.45) is 2.90. The van der Waals surface area contributed by atoms with Gasteiger partial charge in [-0.25, -0.2) is 4.79 Å². The van der Waals surface area contributed by atoms with E-state index in [1.54, 1.807) is 23.6 Å². The summed E-state index contributed by atoms with van der Waals surface area (Å²) in [5.41, 5.74) is 0.888. The van der Waals surface area contributed by atoms with Crippen molar-refractivity contribution in [1.29, 1.82) is 0 Å². The van der Waals surface area contributed by atoms with Gasteiger partial charge >= 0.3 is 5.97 Å². The van der Waals surface area contributed by atoms with E-state index in [0.29, 0.717) is 17.4 Å². The number of ether oxygens (including phenoxy) is 1. The summed E-state index contributed by atoms with van der Waals surface area (Å²) in [7, 11) is 0. The van der Waals surface area contributed by atoms with E-state index in [-0.39, 0.29) is 23.2 Å². The number of esters is 1. The Hall–Kier alpha value is -1.20. The van der Waals surface area contributed by atoms with E-state index < -0.39 is 6.04 Å². The lowest BCUT2D eigenvalue weighted by Crippen LogP contribution is -2.47. The zero-order valence-corrected chi connectivity index (χ0v) is 14.6. The fourth-order valence-corrected chi connectivity index (χ4v) is 4.74. The molecule has 1 aromatic carbocycles. The molecule has 1 aliphatic heterocycles. The van der Waals surface area contributed by atoms with Crippen LogP contribution < -0.4 is 0 Å². The van der Waals surface area contributed by atoms with Gasteiger partial charge in [-0.15, -0.1) is 11.8 Å². The number of halogens is 1. The number of carbonyl (C=O) groups excluding carboxylic acids is 2. The average Bonchev–Trinajstić information content (AvgIpc) is 2.90. The lowest BCUT2D eigenvalue weighted by Gasteiger charge is -2.35. The highest BCUT2D eigenvalue weighted by atomic mass is 35.5. The van der Waals surface area contributed by atoms with Crippen molar-refractivity contribution >= 4 is 35.2 Å².